The fourth-order valence-corrected chi connectivity index (χ4v) is 9.07. The van der Waals surface area contributed by atoms with E-state index in [1.807, 2.05) is 13.0 Å². The Labute approximate surface area is 292 Å². The Balaban J connectivity index is 0.000000653. The Morgan fingerprint density at radius 3 is 2.55 bits per heavy atom. The summed E-state index contributed by atoms with van der Waals surface area (Å²) in [6, 6.07) is 12.7. The molecule has 49 heavy (non-hydrogen) atoms. The molecule has 4 aromatic rings. The molecule has 4 N–H and O–H groups in total. The first kappa shape index (κ1) is 33.1. The van der Waals surface area contributed by atoms with Gasteiger partial charge in [-0.3, -0.25) is 4.79 Å². The van der Waals surface area contributed by atoms with Crippen LogP contribution in [0, 0.1) is 41.8 Å². The zero-order chi connectivity index (χ0) is 34.5. The van der Waals surface area contributed by atoms with Gasteiger partial charge in [0, 0.05) is 64.3 Å². The van der Waals surface area contributed by atoms with Crippen LogP contribution in [0.15, 0.2) is 30.3 Å². The molecule has 10 rings (SSSR count). The molecule has 0 spiro atoms. The van der Waals surface area contributed by atoms with Crippen molar-refractivity contribution in [3.8, 4) is 17.2 Å². The van der Waals surface area contributed by atoms with Crippen molar-refractivity contribution in [1.82, 2.24) is 19.8 Å². The zero-order valence-electron chi connectivity index (χ0n) is 26.6. The van der Waals surface area contributed by atoms with E-state index < -0.39 is 13.6 Å². The molecule has 6 aliphatic rings. The third-order valence-corrected chi connectivity index (χ3v) is 11.9. The van der Waals surface area contributed by atoms with E-state index in [1.54, 1.807) is 18.2 Å². The standard InChI is InChI=1S/C35H32Cl2FN5O.H3O4P/c1-16-22-14-28(27-13-19-12-26(19)42(27)35(44)17-7-8-17)43(33-20-11-25(33)40-15-20)34(22)23-10-18(4-3-9-39)29(31(38)32(23)41-16)21-5-2-6-24(36)30(21)37;1-5(2,3)4/h2,5-6,10,14,17,19-20,25-27,33,40H,3-4,7-8,11-13,15H2,1H3;(H3,1,2,3,4)/t19-,20-,25-,26-,27-,33+;/m1./s1. The summed E-state index contributed by atoms with van der Waals surface area (Å²) in [6.07, 6.45) is 5.83. The molecule has 3 aliphatic heterocycles. The van der Waals surface area contributed by atoms with Gasteiger partial charge in [-0.2, -0.15) is 5.26 Å². The number of amides is 1. The highest BCUT2D eigenvalue weighted by molar-refractivity contribution is 7.45. The number of nitrogens with one attached hydrogen (secondary N) is 1. The molecular formula is C35H35Cl2FN5O5P. The monoisotopic (exact) mass is 725 g/mol. The number of aryl methyl sites for hydroxylation is 2. The van der Waals surface area contributed by atoms with Gasteiger partial charge in [-0.05, 0) is 81.0 Å². The number of carbonyl (C=O) groups is 1. The van der Waals surface area contributed by atoms with E-state index in [0.29, 0.717) is 63.5 Å². The Bertz CT molecular complexity index is 2120. The normalized spacial score (nSPS) is 26.7. The fourth-order valence-electron chi connectivity index (χ4n) is 8.68. The van der Waals surface area contributed by atoms with Crippen LogP contribution in [-0.4, -0.2) is 53.7 Å². The number of fused-ring (bicyclic) bond motifs is 5. The van der Waals surface area contributed by atoms with Gasteiger partial charge in [-0.1, -0.05) is 35.3 Å². The van der Waals surface area contributed by atoms with Crippen LogP contribution in [0.4, 0.5) is 4.39 Å². The lowest BCUT2D eigenvalue weighted by Gasteiger charge is -2.40. The topological polar surface area (TPSA) is 152 Å². The second kappa shape index (κ2) is 12.0. The lowest BCUT2D eigenvalue weighted by atomic mass is 9.79. The van der Waals surface area contributed by atoms with E-state index in [4.69, 9.17) is 47.4 Å². The minimum absolute atomic E-state index is 0.0288. The molecule has 3 aliphatic carbocycles. The van der Waals surface area contributed by atoms with Crippen molar-refractivity contribution in [2.24, 2.45) is 17.8 Å². The number of benzene rings is 2. The smallest absolute Gasteiger partial charge is 0.337 e. The van der Waals surface area contributed by atoms with Crippen molar-refractivity contribution >= 4 is 58.7 Å². The first-order chi connectivity index (χ1) is 23.4. The lowest BCUT2D eigenvalue weighted by molar-refractivity contribution is -0.134. The van der Waals surface area contributed by atoms with E-state index in [1.165, 1.54) is 5.69 Å². The molecule has 2 aromatic heterocycles. The highest BCUT2D eigenvalue weighted by Gasteiger charge is 2.58. The number of pyridine rings is 1. The number of hydrogen-bond acceptors (Lipinski definition) is 5. The number of likely N-dealkylation sites (tertiary alicyclic amines) is 1. The van der Waals surface area contributed by atoms with Crippen molar-refractivity contribution in [2.75, 3.05) is 6.54 Å². The third kappa shape index (κ3) is 5.66. The van der Waals surface area contributed by atoms with Gasteiger partial charge in [0.1, 0.15) is 5.52 Å². The summed E-state index contributed by atoms with van der Waals surface area (Å²) in [4.78, 5) is 42.3. The van der Waals surface area contributed by atoms with E-state index in [2.05, 4.69) is 26.9 Å². The van der Waals surface area contributed by atoms with Gasteiger partial charge in [0.2, 0.25) is 5.91 Å². The molecule has 256 valence electrons. The van der Waals surface area contributed by atoms with Gasteiger partial charge < -0.3 is 29.5 Å². The van der Waals surface area contributed by atoms with Crippen LogP contribution < -0.4 is 5.32 Å². The molecular weight excluding hydrogens is 691 g/mol. The first-order valence-corrected chi connectivity index (χ1v) is 19.0. The van der Waals surface area contributed by atoms with Crippen LogP contribution in [-0.2, 0) is 15.8 Å². The number of halogens is 3. The summed E-state index contributed by atoms with van der Waals surface area (Å²) < 4.78 is 28.3. The van der Waals surface area contributed by atoms with Crippen LogP contribution in [0.1, 0.15) is 67.6 Å². The summed E-state index contributed by atoms with van der Waals surface area (Å²) in [6.45, 7) is 2.92. The lowest BCUT2D eigenvalue weighted by Crippen LogP contribution is -2.41. The minimum atomic E-state index is -4.64. The number of hydrogen-bond donors (Lipinski definition) is 4. The number of carbonyl (C=O) groups excluding carboxylic acids is 1. The second-order valence-electron chi connectivity index (χ2n) is 14.1. The Kier molecular flexibility index (Phi) is 8.12. The molecule has 2 aromatic carbocycles. The van der Waals surface area contributed by atoms with Gasteiger partial charge in [0.25, 0.3) is 0 Å². The predicted molar refractivity (Wildman–Crippen MR) is 183 cm³/mol. The molecule has 3 saturated carbocycles. The maximum Gasteiger partial charge on any atom is 0.466 e. The molecule has 6 atom stereocenters. The Morgan fingerprint density at radius 1 is 1.14 bits per heavy atom. The van der Waals surface area contributed by atoms with Crippen molar-refractivity contribution < 1.29 is 28.4 Å². The van der Waals surface area contributed by atoms with Gasteiger partial charge >= 0.3 is 7.82 Å². The van der Waals surface area contributed by atoms with E-state index in [-0.39, 0.29) is 29.4 Å². The average Bonchev–Trinajstić information content (AvgIpc) is 3.81. The average molecular weight is 727 g/mol. The summed E-state index contributed by atoms with van der Waals surface area (Å²) in [5.74, 6) is 1.12. The summed E-state index contributed by atoms with van der Waals surface area (Å²) in [7, 11) is -4.64. The molecule has 6 fully saturated rings. The molecule has 1 amide bonds. The van der Waals surface area contributed by atoms with Gasteiger partial charge in [0.15, 0.2) is 5.82 Å². The van der Waals surface area contributed by atoms with Crippen molar-refractivity contribution in [3.63, 3.8) is 0 Å². The van der Waals surface area contributed by atoms with Gasteiger partial charge in [-0.25, -0.2) is 13.9 Å². The van der Waals surface area contributed by atoms with E-state index >= 15 is 4.39 Å². The highest BCUT2D eigenvalue weighted by Crippen LogP contribution is 2.57. The van der Waals surface area contributed by atoms with Crippen LogP contribution in [0.2, 0.25) is 10.0 Å². The molecule has 2 bridgehead atoms. The van der Waals surface area contributed by atoms with Crippen molar-refractivity contribution in [1.29, 1.82) is 5.26 Å². The molecule has 5 heterocycles. The van der Waals surface area contributed by atoms with Crippen LogP contribution in [0.5, 0.6) is 0 Å². The summed E-state index contributed by atoms with van der Waals surface area (Å²) in [5, 5.41) is 15.6. The second-order valence-corrected chi connectivity index (χ2v) is 15.9. The molecule has 0 radical (unpaired) electrons. The van der Waals surface area contributed by atoms with Crippen molar-refractivity contribution in [2.45, 2.75) is 76.0 Å². The first-order valence-electron chi connectivity index (χ1n) is 16.7. The quantitative estimate of drug-likeness (QED) is 0.160. The molecule has 3 saturated heterocycles. The molecule has 0 unspecified atom stereocenters. The predicted octanol–water partition coefficient (Wildman–Crippen LogP) is 6.74. The van der Waals surface area contributed by atoms with E-state index in [0.717, 1.165) is 60.6 Å². The maximum atomic E-state index is 17.0. The summed E-state index contributed by atoms with van der Waals surface area (Å²) in [5.41, 5.74) is 4.79. The number of nitriles is 1. The number of aromatic nitrogens is 2. The number of phosphoric acid groups is 1. The molecule has 14 heteroatoms. The fraction of sp³-hybridized carbons (Fsp3) is 0.457. The summed E-state index contributed by atoms with van der Waals surface area (Å²) >= 11 is 13.0. The number of rotatable bonds is 6. The molecule has 10 nitrogen and oxygen atoms in total. The van der Waals surface area contributed by atoms with Crippen LogP contribution >= 0.6 is 31.0 Å². The Morgan fingerprint density at radius 2 is 1.90 bits per heavy atom. The largest absolute Gasteiger partial charge is 0.466 e. The van der Waals surface area contributed by atoms with Crippen molar-refractivity contribution in [3.05, 3.63) is 63.1 Å². The zero-order valence-corrected chi connectivity index (χ0v) is 29.0. The van der Waals surface area contributed by atoms with Crippen LogP contribution in [0.3, 0.4) is 0 Å². The number of piperidine rings is 1. The highest BCUT2D eigenvalue weighted by atomic mass is 35.5. The minimum Gasteiger partial charge on any atom is -0.337 e. The third-order valence-electron chi connectivity index (χ3n) is 11.1. The van der Waals surface area contributed by atoms with Gasteiger partial charge in [-0.15, -0.1) is 0 Å². The van der Waals surface area contributed by atoms with E-state index in [9.17, 15) is 10.1 Å². The van der Waals surface area contributed by atoms with Gasteiger partial charge in [0.05, 0.1) is 33.7 Å². The SMILES string of the molecule is Cc1nc2c(F)c(-c3cccc(Cl)c3Cl)c(CCC#N)cc2c2c1cc([C@H]1C[C@H]3C[C@H]3N1C(=O)C1CC1)n2[C@H]1[C@H]2CN[C@@H]1C2.O=P(O)(O)O. The Hall–Kier alpha value is -3.07. The number of nitrogens with zero attached hydrogens (tertiary/aromatic N) is 4. The maximum absolute atomic E-state index is 17.0. The van der Waals surface area contributed by atoms with Crippen LogP contribution in [0.25, 0.3) is 32.9 Å².